The molecule has 98 valence electrons. The Bertz CT molecular complexity index is 464. The van der Waals surface area contributed by atoms with Crippen molar-refractivity contribution < 1.29 is 19.4 Å². The van der Waals surface area contributed by atoms with E-state index in [1.807, 2.05) is 0 Å². The van der Waals surface area contributed by atoms with Crippen LogP contribution in [0.3, 0.4) is 0 Å². The van der Waals surface area contributed by atoms with E-state index in [1.54, 1.807) is 6.07 Å². The molecule has 0 aliphatic carbocycles. The number of rotatable bonds is 5. The molecule has 0 aromatic heterocycles. The van der Waals surface area contributed by atoms with Crippen molar-refractivity contribution in [3.63, 3.8) is 0 Å². The second-order valence-electron chi connectivity index (χ2n) is 3.47. The van der Waals surface area contributed by atoms with Gasteiger partial charge in [-0.05, 0) is 25.1 Å². The smallest absolute Gasteiger partial charge is 0.258 e. The summed E-state index contributed by atoms with van der Waals surface area (Å²) in [7, 11) is 0. The zero-order chi connectivity index (χ0) is 13.7. The number of carboxylic acids is 1. The molecule has 1 amide bonds. The molecule has 1 N–H and O–H groups in total. The van der Waals surface area contributed by atoms with Crippen LogP contribution in [-0.2, 0) is 9.59 Å². The molecule has 18 heavy (non-hydrogen) atoms. The molecule has 5 nitrogen and oxygen atoms in total. The van der Waals surface area contributed by atoms with Gasteiger partial charge in [-0.25, -0.2) is 0 Å². The van der Waals surface area contributed by atoms with Gasteiger partial charge in [-0.1, -0.05) is 23.2 Å². The number of benzene rings is 1. The van der Waals surface area contributed by atoms with Crippen molar-refractivity contribution in [2.24, 2.45) is 0 Å². The van der Waals surface area contributed by atoms with Gasteiger partial charge in [0.1, 0.15) is 5.75 Å². The summed E-state index contributed by atoms with van der Waals surface area (Å²) in [6.45, 7) is 0.946. The van der Waals surface area contributed by atoms with Gasteiger partial charge in [-0.3, -0.25) is 4.79 Å². The number of halogens is 2. The Morgan fingerprint density at radius 2 is 2.11 bits per heavy atom. The number of aliphatic carboxylic acids is 1. The average Bonchev–Trinajstić information content (AvgIpc) is 2.27. The Balaban J connectivity index is 2.50. The second-order valence-corrected chi connectivity index (χ2v) is 4.32. The number of hydrogen-bond acceptors (Lipinski definition) is 4. The number of amides is 1. The van der Waals surface area contributed by atoms with Gasteiger partial charge in [-0.2, -0.15) is 0 Å². The lowest BCUT2D eigenvalue weighted by Crippen LogP contribution is -2.47. The number of carboxylic acid groups (broad SMARTS) is 1. The Morgan fingerprint density at radius 3 is 2.67 bits per heavy atom. The van der Waals surface area contributed by atoms with Crippen LogP contribution >= 0.6 is 23.2 Å². The van der Waals surface area contributed by atoms with Gasteiger partial charge < -0.3 is 20.0 Å². The summed E-state index contributed by atoms with van der Waals surface area (Å²) < 4.78 is 5.12. The molecule has 0 saturated carbocycles. The molecule has 1 rings (SSSR count). The highest BCUT2D eigenvalue weighted by Crippen LogP contribution is 2.27. The molecule has 0 unspecified atom stereocenters. The SMILES string of the molecule is C[C@@H](NC(=O)COc1ccc(Cl)cc1Cl)C(=O)[O-]. The van der Waals surface area contributed by atoms with Crippen LogP contribution in [-0.4, -0.2) is 24.5 Å². The molecule has 0 saturated heterocycles. The highest BCUT2D eigenvalue weighted by Gasteiger charge is 2.10. The Labute approximate surface area is 114 Å². The van der Waals surface area contributed by atoms with Crippen LogP contribution in [0, 0.1) is 0 Å². The summed E-state index contributed by atoms with van der Waals surface area (Å²) in [5, 5.41) is 13.3. The van der Waals surface area contributed by atoms with Crippen molar-refractivity contribution >= 4 is 35.1 Å². The molecule has 0 fully saturated rings. The van der Waals surface area contributed by atoms with Crippen LogP contribution in [0.1, 0.15) is 6.92 Å². The molecule has 0 spiro atoms. The number of ether oxygens (including phenoxy) is 1. The predicted octanol–water partition coefficient (Wildman–Crippen LogP) is 0.627. The first kappa shape index (κ1) is 14.6. The van der Waals surface area contributed by atoms with Crippen molar-refractivity contribution in [2.45, 2.75) is 13.0 Å². The maximum absolute atomic E-state index is 11.3. The van der Waals surface area contributed by atoms with E-state index >= 15 is 0 Å². The van der Waals surface area contributed by atoms with Crippen LogP contribution in [0.2, 0.25) is 10.0 Å². The molecule has 7 heteroatoms. The Kier molecular flexibility index (Phi) is 5.25. The first-order chi connectivity index (χ1) is 8.40. The molecule has 1 aromatic rings. The molecule has 1 atom stereocenters. The molecule has 0 radical (unpaired) electrons. The Morgan fingerprint density at radius 1 is 1.44 bits per heavy atom. The van der Waals surface area contributed by atoms with Crippen LogP contribution < -0.4 is 15.2 Å². The molecule has 0 aliphatic heterocycles. The second kappa shape index (κ2) is 6.47. The quantitative estimate of drug-likeness (QED) is 0.863. The molecule has 0 bridgehead atoms. The first-order valence-electron chi connectivity index (χ1n) is 4.98. The standard InChI is InChI=1S/C11H11Cl2NO4/c1-6(11(16)17)14-10(15)5-18-9-3-2-7(12)4-8(9)13/h2-4,6H,5H2,1H3,(H,14,15)(H,16,17)/p-1/t6-/m1/s1. The van der Waals surface area contributed by atoms with Crippen molar-refractivity contribution in [1.82, 2.24) is 5.32 Å². The highest BCUT2D eigenvalue weighted by molar-refractivity contribution is 6.35. The normalized spacial score (nSPS) is 11.7. The lowest BCUT2D eigenvalue weighted by Gasteiger charge is -2.15. The van der Waals surface area contributed by atoms with E-state index in [2.05, 4.69) is 5.32 Å². The third-order valence-corrected chi connectivity index (χ3v) is 2.51. The minimum absolute atomic E-state index is 0.267. The molecule has 1 aromatic carbocycles. The van der Waals surface area contributed by atoms with E-state index in [9.17, 15) is 14.7 Å². The zero-order valence-corrected chi connectivity index (χ0v) is 10.9. The molecule has 0 heterocycles. The number of hydrogen-bond donors (Lipinski definition) is 1. The summed E-state index contributed by atoms with van der Waals surface area (Å²) in [5.41, 5.74) is 0. The van der Waals surface area contributed by atoms with E-state index in [1.165, 1.54) is 19.1 Å². The van der Waals surface area contributed by atoms with E-state index < -0.39 is 17.9 Å². The third kappa shape index (κ3) is 4.43. The minimum atomic E-state index is -1.37. The minimum Gasteiger partial charge on any atom is -0.548 e. The summed E-state index contributed by atoms with van der Waals surface area (Å²) in [5.74, 6) is -1.66. The first-order valence-corrected chi connectivity index (χ1v) is 5.74. The van der Waals surface area contributed by atoms with Gasteiger partial charge >= 0.3 is 0 Å². The predicted molar refractivity (Wildman–Crippen MR) is 64.6 cm³/mol. The van der Waals surface area contributed by atoms with Gasteiger partial charge in [0, 0.05) is 5.02 Å². The lowest BCUT2D eigenvalue weighted by molar-refractivity contribution is -0.307. The number of nitrogens with one attached hydrogen (secondary N) is 1. The van der Waals surface area contributed by atoms with Gasteiger partial charge in [0.15, 0.2) is 6.61 Å². The molecular formula is C11H10Cl2NO4-. The molecular weight excluding hydrogens is 281 g/mol. The maximum Gasteiger partial charge on any atom is 0.258 e. The van der Waals surface area contributed by atoms with Crippen molar-refractivity contribution in [3.8, 4) is 5.75 Å². The number of carbonyl (C=O) groups excluding carboxylic acids is 2. The van der Waals surface area contributed by atoms with Gasteiger partial charge in [0.2, 0.25) is 0 Å². The largest absolute Gasteiger partial charge is 0.548 e. The topological polar surface area (TPSA) is 78.5 Å². The highest BCUT2D eigenvalue weighted by atomic mass is 35.5. The van der Waals surface area contributed by atoms with Crippen molar-refractivity contribution in [3.05, 3.63) is 28.2 Å². The summed E-state index contributed by atoms with van der Waals surface area (Å²) >= 11 is 11.5. The van der Waals surface area contributed by atoms with E-state index in [4.69, 9.17) is 27.9 Å². The summed E-state index contributed by atoms with van der Waals surface area (Å²) in [6.07, 6.45) is 0. The summed E-state index contributed by atoms with van der Waals surface area (Å²) in [6, 6.07) is 3.46. The van der Waals surface area contributed by atoms with Gasteiger partial charge in [0.25, 0.3) is 5.91 Å². The molecule has 0 aliphatic rings. The van der Waals surface area contributed by atoms with Gasteiger partial charge in [0.05, 0.1) is 17.0 Å². The van der Waals surface area contributed by atoms with E-state index in [0.717, 1.165) is 0 Å². The van der Waals surface area contributed by atoms with E-state index in [-0.39, 0.29) is 17.4 Å². The fourth-order valence-corrected chi connectivity index (χ4v) is 1.54. The van der Waals surface area contributed by atoms with Crippen LogP contribution in [0.4, 0.5) is 0 Å². The van der Waals surface area contributed by atoms with Crippen LogP contribution in [0.15, 0.2) is 18.2 Å². The monoisotopic (exact) mass is 290 g/mol. The number of carbonyl (C=O) groups is 2. The lowest BCUT2D eigenvalue weighted by atomic mass is 10.3. The fourth-order valence-electron chi connectivity index (χ4n) is 1.08. The maximum atomic E-state index is 11.3. The van der Waals surface area contributed by atoms with Crippen LogP contribution in [0.25, 0.3) is 0 Å². The third-order valence-electron chi connectivity index (χ3n) is 1.98. The fraction of sp³-hybridized carbons (Fsp3) is 0.273. The average molecular weight is 291 g/mol. The van der Waals surface area contributed by atoms with Crippen molar-refractivity contribution in [2.75, 3.05) is 6.61 Å². The Hall–Kier alpha value is -1.46. The van der Waals surface area contributed by atoms with E-state index in [0.29, 0.717) is 5.02 Å². The zero-order valence-electron chi connectivity index (χ0n) is 9.41. The van der Waals surface area contributed by atoms with Crippen LogP contribution in [0.5, 0.6) is 5.75 Å². The summed E-state index contributed by atoms with van der Waals surface area (Å²) in [4.78, 5) is 21.7. The van der Waals surface area contributed by atoms with Crippen molar-refractivity contribution in [1.29, 1.82) is 0 Å². The van der Waals surface area contributed by atoms with Gasteiger partial charge in [-0.15, -0.1) is 0 Å².